The molecular formula is C22H29F2NO2. The Morgan fingerprint density at radius 2 is 1.89 bits per heavy atom. The van der Waals surface area contributed by atoms with Gasteiger partial charge in [0.05, 0.1) is 12.4 Å². The van der Waals surface area contributed by atoms with Gasteiger partial charge >= 0.3 is 0 Å². The molecule has 0 aromatic heterocycles. The van der Waals surface area contributed by atoms with Crippen molar-refractivity contribution in [2.24, 2.45) is 0 Å². The van der Waals surface area contributed by atoms with Crippen molar-refractivity contribution in [2.45, 2.75) is 13.3 Å². The summed E-state index contributed by atoms with van der Waals surface area (Å²) in [5.74, 6) is -0.00307. The quantitative estimate of drug-likeness (QED) is 0.328. The van der Waals surface area contributed by atoms with Gasteiger partial charge in [0.15, 0.2) is 0 Å². The number of benzene rings is 1. The van der Waals surface area contributed by atoms with Crippen molar-refractivity contribution in [1.29, 1.82) is 0 Å². The molecule has 0 aliphatic carbocycles. The summed E-state index contributed by atoms with van der Waals surface area (Å²) >= 11 is 0. The molecule has 2 N–H and O–H groups in total. The Kier molecular flexibility index (Phi) is 14.3. The largest absolute Gasteiger partial charge is 0.490 e. The van der Waals surface area contributed by atoms with Crippen LogP contribution in [-0.4, -0.2) is 31.4 Å². The molecule has 0 aliphatic rings. The van der Waals surface area contributed by atoms with Crippen molar-refractivity contribution in [3.63, 3.8) is 0 Å². The standard InChI is InChI=1S/C19H24FNO2.C3H5F/c1-3-4-11-21-14-17(13-16(2)15-22)6-5-12-23-19-9-7-18(20)8-10-19;1-3(2)4/h3,5-10,13,21-22H,1-2,4,11-12,14-15H2;1H2,2H3/b6-5-,17-13+;. The maximum atomic E-state index is 12.8. The third-order valence-electron chi connectivity index (χ3n) is 2.94. The minimum absolute atomic E-state index is 0.0733. The van der Waals surface area contributed by atoms with Crippen LogP contribution in [0, 0.1) is 5.82 Å². The van der Waals surface area contributed by atoms with E-state index in [9.17, 15) is 8.78 Å². The number of rotatable bonds is 11. The predicted molar refractivity (Wildman–Crippen MR) is 109 cm³/mol. The lowest BCUT2D eigenvalue weighted by Crippen LogP contribution is -2.17. The number of ether oxygens (including phenoxy) is 1. The molecule has 0 unspecified atom stereocenters. The van der Waals surface area contributed by atoms with Crippen LogP contribution in [0.25, 0.3) is 0 Å². The third kappa shape index (κ3) is 15.5. The fraction of sp³-hybridized carbons (Fsp3) is 0.273. The topological polar surface area (TPSA) is 41.5 Å². The first-order valence-corrected chi connectivity index (χ1v) is 8.55. The van der Waals surface area contributed by atoms with E-state index in [4.69, 9.17) is 9.84 Å². The normalized spacial score (nSPS) is 10.9. The molecule has 0 saturated carbocycles. The maximum Gasteiger partial charge on any atom is 0.123 e. The highest BCUT2D eigenvalue weighted by Gasteiger charge is 1.96. The molecule has 0 spiro atoms. The van der Waals surface area contributed by atoms with E-state index in [-0.39, 0.29) is 18.3 Å². The zero-order valence-electron chi connectivity index (χ0n) is 15.9. The molecule has 0 heterocycles. The zero-order chi connectivity index (χ0) is 20.5. The molecule has 0 amide bonds. The summed E-state index contributed by atoms with van der Waals surface area (Å²) in [5, 5.41) is 12.4. The Hall–Kier alpha value is -2.50. The monoisotopic (exact) mass is 377 g/mol. The summed E-state index contributed by atoms with van der Waals surface area (Å²) in [6, 6.07) is 5.90. The van der Waals surface area contributed by atoms with Crippen molar-refractivity contribution >= 4 is 0 Å². The van der Waals surface area contributed by atoms with Crippen LogP contribution in [0.15, 0.2) is 85.3 Å². The number of hydrogen-bond acceptors (Lipinski definition) is 3. The number of aliphatic hydroxyl groups excluding tert-OH is 1. The molecule has 0 bridgehead atoms. The van der Waals surface area contributed by atoms with Crippen LogP contribution in [0.4, 0.5) is 8.78 Å². The summed E-state index contributed by atoms with van der Waals surface area (Å²) in [6.07, 6.45) is 8.39. The van der Waals surface area contributed by atoms with E-state index < -0.39 is 0 Å². The van der Waals surface area contributed by atoms with Crippen LogP contribution in [0.5, 0.6) is 5.75 Å². The third-order valence-corrected chi connectivity index (χ3v) is 2.94. The van der Waals surface area contributed by atoms with Gasteiger partial charge < -0.3 is 15.2 Å². The van der Waals surface area contributed by atoms with Crippen LogP contribution < -0.4 is 10.1 Å². The van der Waals surface area contributed by atoms with Crippen molar-refractivity contribution in [3.05, 3.63) is 91.1 Å². The molecular weight excluding hydrogens is 348 g/mol. The molecule has 1 aromatic rings. The van der Waals surface area contributed by atoms with E-state index in [1.165, 1.54) is 19.1 Å². The summed E-state index contributed by atoms with van der Waals surface area (Å²) in [5.41, 5.74) is 1.64. The SMILES string of the molecule is C=C(C)F.C=CCCNCC(/C=C\COc1ccc(F)cc1)=C/C(=C)CO. The molecule has 148 valence electrons. The first-order valence-electron chi connectivity index (χ1n) is 8.55. The van der Waals surface area contributed by atoms with E-state index in [0.717, 1.165) is 18.5 Å². The van der Waals surface area contributed by atoms with Crippen molar-refractivity contribution in [1.82, 2.24) is 5.32 Å². The molecule has 1 rings (SSSR count). The van der Waals surface area contributed by atoms with E-state index in [1.54, 1.807) is 12.1 Å². The van der Waals surface area contributed by atoms with E-state index in [2.05, 4.69) is 25.1 Å². The Morgan fingerprint density at radius 1 is 1.26 bits per heavy atom. The summed E-state index contributed by atoms with van der Waals surface area (Å²) < 4.78 is 29.1. The highest BCUT2D eigenvalue weighted by Crippen LogP contribution is 2.11. The molecule has 0 fully saturated rings. The van der Waals surface area contributed by atoms with Crippen LogP contribution in [-0.2, 0) is 0 Å². The highest BCUT2D eigenvalue weighted by molar-refractivity contribution is 5.30. The predicted octanol–water partition coefficient (Wildman–Crippen LogP) is 4.89. The van der Waals surface area contributed by atoms with Gasteiger partial charge in [0.1, 0.15) is 18.2 Å². The Bertz CT molecular complexity index is 630. The van der Waals surface area contributed by atoms with E-state index in [0.29, 0.717) is 24.5 Å². The fourth-order valence-electron chi connectivity index (χ4n) is 1.78. The average Bonchev–Trinajstić information content (AvgIpc) is 2.62. The molecule has 1 aromatic carbocycles. The van der Waals surface area contributed by atoms with Crippen LogP contribution in [0.3, 0.4) is 0 Å². The van der Waals surface area contributed by atoms with Crippen LogP contribution >= 0.6 is 0 Å². The number of halogens is 2. The zero-order valence-corrected chi connectivity index (χ0v) is 15.9. The molecule has 0 radical (unpaired) electrons. The molecule has 0 aliphatic heterocycles. The van der Waals surface area contributed by atoms with Gasteiger partial charge in [-0.3, -0.25) is 0 Å². The van der Waals surface area contributed by atoms with E-state index in [1.807, 2.05) is 24.3 Å². The summed E-state index contributed by atoms with van der Waals surface area (Å²) in [6.45, 7) is 13.5. The number of hydrogen-bond donors (Lipinski definition) is 2. The number of nitrogens with one attached hydrogen (secondary N) is 1. The Labute approximate surface area is 161 Å². The van der Waals surface area contributed by atoms with E-state index >= 15 is 0 Å². The smallest absolute Gasteiger partial charge is 0.123 e. The van der Waals surface area contributed by atoms with Crippen LogP contribution in [0.1, 0.15) is 13.3 Å². The maximum absolute atomic E-state index is 12.8. The van der Waals surface area contributed by atoms with Gasteiger partial charge in [0.2, 0.25) is 0 Å². The lowest BCUT2D eigenvalue weighted by molar-refractivity contribution is 0.335. The summed E-state index contributed by atoms with van der Waals surface area (Å²) in [7, 11) is 0. The molecule has 27 heavy (non-hydrogen) atoms. The van der Waals surface area contributed by atoms with Gasteiger partial charge in [-0.25, -0.2) is 8.78 Å². The second-order valence-corrected chi connectivity index (χ2v) is 5.63. The lowest BCUT2D eigenvalue weighted by atomic mass is 10.1. The van der Waals surface area contributed by atoms with Gasteiger partial charge in [-0.15, -0.1) is 6.58 Å². The van der Waals surface area contributed by atoms with Crippen molar-refractivity contribution < 1.29 is 18.6 Å². The Balaban J connectivity index is 0.00000153. The van der Waals surface area contributed by atoms with Gasteiger partial charge in [-0.2, -0.15) is 0 Å². The first-order chi connectivity index (χ1) is 12.9. The highest BCUT2D eigenvalue weighted by atomic mass is 19.1. The summed E-state index contributed by atoms with van der Waals surface area (Å²) in [4.78, 5) is 0. The minimum atomic E-state index is -0.333. The average molecular weight is 377 g/mol. The van der Waals surface area contributed by atoms with Gasteiger partial charge in [0.25, 0.3) is 0 Å². The van der Waals surface area contributed by atoms with Crippen LogP contribution in [0.2, 0.25) is 0 Å². The van der Waals surface area contributed by atoms with Gasteiger partial charge in [-0.05, 0) is 61.4 Å². The fourth-order valence-corrected chi connectivity index (χ4v) is 1.78. The lowest BCUT2D eigenvalue weighted by Gasteiger charge is -2.06. The van der Waals surface area contributed by atoms with Gasteiger partial charge in [0, 0.05) is 6.54 Å². The number of allylic oxidation sites excluding steroid dienone is 1. The number of aliphatic hydroxyl groups is 1. The van der Waals surface area contributed by atoms with Crippen molar-refractivity contribution in [2.75, 3.05) is 26.3 Å². The second kappa shape index (κ2) is 15.7. The minimum Gasteiger partial charge on any atom is -0.490 e. The second-order valence-electron chi connectivity index (χ2n) is 5.63. The first kappa shape index (κ1) is 24.5. The molecule has 0 atom stereocenters. The molecule has 3 nitrogen and oxygen atoms in total. The van der Waals surface area contributed by atoms with Gasteiger partial charge in [-0.1, -0.05) is 31.4 Å². The van der Waals surface area contributed by atoms with Crippen molar-refractivity contribution in [3.8, 4) is 5.75 Å². The molecule has 0 saturated heterocycles. The molecule has 5 heteroatoms. The Morgan fingerprint density at radius 3 is 2.44 bits per heavy atom.